The number of hydrogen-bond acceptors (Lipinski definition) is 5. The average Bonchev–Trinajstić information content (AvgIpc) is 3.47. The van der Waals surface area contributed by atoms with E-state index in [0.29, 0.717) is 36.8 Å². The van der Waals surface area contributed by atoms with E-state index in [1.807, 2.05) is 6.07 Å². The number of amides is 2. The average molecular weight is 412 g/mol. The van der Waals surface area contributed by atoms with Crippen LogP contribution < -0.4 is 4.74 Å². The Bertz CT molecular complexity index is 843. The first-order valence-electron chi connectivity index (χ1n) is 10.1. The quantitative estimate of drug-likeness (QED) is 0.561. The summed E-state index contributed by atoms with van der Waals surface area (Å²) >= 11 is 0. The van der Waals surface area contributed by atoms with Crippen molar-refractivity contribution in [2.75, 3.05) is 33.4 Å². The number of rotatable bonds is 10. The molecule has 0 N–H and O–H groups in total. The molecule has 30 heavy (non-hydrogen) atoms. The van der Waals surface area contributed by atoms with Crippen molar-refractivity contribution in [2.24, 2.45) is 0 Å². The Morgan fingerprint density at radius 2 is 2.13 bits per heavy atom. The van der Waals surface area contributed by atoms with Crippen molar-refractivity contribution in [3.8, 4) is 5.75 Å². The van der Waals surface area contributed by atoms with E-state index in [4.69, 9.17) is 13.9 Å². The molecule has 7 nitrogen and oxygen atoms in total. The summed E-state index contributed by atoms with van der Waals surface area (Å²) in [5.74, 6) is 0.858. The molecule has 2 amide bonds. The molecule has 1 aliphatic heterocycles. The zero-order valence-corrected chi connectivity index (χ0v) is 17.3. The van der Waals surface area contributed by atoms with E-state index in [9.17, 15) is 9.59 Å². The maximum Gasteiger partial charge on any atom is 0.254 e. The molecular formula is C23H28N2O5. The van der Waals surface area contributed by atoms with Gasteiger partial charge in [0.05, 0.1) is 26.0 Å². The van der Waals surface area contributed by atoms with Gasteiger partial charge in [-0.05, 0) is 43.2 Å². The molecule has 0 radical (unpaired) electrons. The molecule has 3 rings (SSSR count). The first-order chi connectivity index (χ1) is 14.6. The van der Waals surface area contributed by atoms with E-state index in [-0.39, 0.29) is 31.0 Å². The highest BCUT2D eigenvalue weighted by atomic mass is 16.5. The molecule has 2 aromatic rings. The molecule has 7 heteroatoms. The van der Waals surface area contributed by atoms with Gasteiger partial charge < -0.3 is 23.7 Å². The number of methoxy groups -OCH3 is 1. The molecule has 1 aromatic heterocycles. The van der Waals surface area contributed by atoms with Crippen LogP contribution in [-0.4, -0.2) is 61.1 Å². The van der Waals surface area contributed by atoms with Crippen LogP contribution in [0.3, 0.4) is 0 Å². The highest BCUT2D eigenvalue weighted by molar-refractivity contribution is 5.97. The summed E-state index contributed by atoms with van der Waals surface area (Å²) < 4.78 is 16.3. The Hall–Kier alpha value is -3.06. The molecule has 1 atom stereocenters. The summed E-state index contributed by atoms with van der Waals surface area (Å²) in [7, 11) is 1.55. The number of nitrogens with zero attached hydrogens (tertiary/aromatic N) is 2. The van der Waals surface area contributed by atoms with Gasteiger partial charge in [0.1, 0.15) is 18.1 Å². The lowest BCUT2D eigenvalue weighted by molar-refractivity contribution is -0.134. The van der Waals surface area contributed by atoms with Gasteiger partial charge in [-0.1, -0.05) is 12.1 Å². The molecule has 2 heterocycles. The van der Waals surface area contributed by atoms with E-state index in [1.54, 1.807) is 54.7 Å². The highest BCUT2D eigenvalue weighted by Crippen LogP contribution is 2.17. The Morgan fingerprint density at radius 3 is 2.80 bits per heavy atom. The monoisotopic (exact) mass is 412 g/mol. The summed E-state index contributed by atoms with van der Waals surface area (Å²) in [4.78, 5) is 29.4. The van der Waals surface area contributed by atoms with Gasteiger partial charge in [-0.2, -0.15) is 0 Å². The highest BCUT2D eigenvalue weighted by Gasteiger charge is 2.26. The van der Waals surface area contributed by atoms with Crippen LogP contribution in [0.25, 0.3) is 0 Å². The zero-order chi connectivity index (χ0) is 21.3. The van der Waals surface area contributed by atoms with Crippen molar-refractivity contribution in [3.05, 3.63) is 66.6 Å². The second kappa shape index (κ2) is 10.6. The maximum atomic E-state index is 13.2. The second-order valence-corrected chi connectivity index (χ2v) is 7.19. The van der Waals surface area contributed by atoms with Crippen molar-refractivity contribution in [2.45, 2.75) is 25.5 Å². The fraction of sp³-hybridized carbons (Fsp3) is 0.391. The normalized spacial score (nSPS) is 15.6. The molecule has 1 aromatic carbocycles. The van der Waals surface area contributed by atoms with Crippen LogP contribution in [0, 0.1) is 0 Å². The molecular weight excluding hydrogens is 384 g/mol. The fourth-order valence-corrected chi connectivity index (χ4v) is 3.46. The lowest BCUT2D eigenvalue weighted by atomic mass is 10.1. The predicted molar refractivity (Wildman–Crippen MR) is 112 cm³/mol. The molecule has 1 aliphatic rings. The minimum absolute atomic E-state index is 0.00542. The number of carbonyl (C=O) groups is 2. The molecule has 0 saturated carbocycles. The van der Waals surface area contributed by atoms with Crippen LogP contribution in [0.15, 0.2) is 59.7 Å². The number of ether oxygens (including phenoxy) is 2. The van der Waals surface area contributed by atoms with Gasteiger partial charge in [0.15, 0.2) is 0 Å². The van der Waals surface area contributed by atoms with E-state index >= 15 is 0 Å². The largest absolute Gasteiger partial charge is 0.497 e. The van der Waals surface area contributed by atoms with Crippen LogP contribution in [-0.2, 0) is 16.1 Å². The molecule has 160 valence electrons. The SMILES string of the molecule is C=CCN(CC(=O)N(Cc1ccco1)CC1CCCO1)C(=O)c1cccc(OC)c1. The standard InChI is InChI=1S/C23H28N2O5/c1-3-11-24(23(27)18-7-4-8-19(14-18)28-2)17-22(26)25(15-20-9-5-12-29-20)16-21-10-6-13-30-21/h3-5,7-9,12,14,21H,1,6,10-11,13,15-17H2,2H3. The zero-order valence-electron chi connectivity index (χ0n) is 17.3. The fourth-order valence-electron chi connectivity index (χ4n) is 3.46. The molecule has 1 fully saturated rings. The smallest absolute Gasteiger partial charge is 0.254 e. The predicted octanol–water partition coefficient (Wildman–Crippen LogP) is 3.12. The summed E-state index contributed by atoms with van der Waals surface area (Å²) in [6.45, 7) is 5.44. The van der Waals surface area contributed by atoms with Gasteiger partial charge in [-0.25, -0.2) is 0 Å². The molecule has 0 aliphatic carbocycles. The first-order valence-corrected chi connectivity index (χ1v) is 10.1. The Labute approximate surface area is 176 Å². The minimum atomic E-state index is -0.253. The maximum absolute atomic E-state index is 13.2. The third-order valence-electron chi connectivity index (χ3n) is 5.01. The lowest BCUT2D eigenvalue weighted by Crippen LogP contribution is -2.45. The summed E-state index contributed by atoms with van der Waals surface area (Å²) in [5, 5.41) is 0. The number of benzene rings is 1. The third-order valence-corrected chi connectivity index (χ3v) is 5.01. The molecule has 1 unspecified atom stereocenters. The van der Waals surface area contributed by atoms with Gasteiger partial charge in [-0.3, -0.25) is 9.59 Å². The number of furan rings is 1. The first kappa shape index (κ1) is 21.6. The molecule has 0 bridgehead atoms. The number of carbonyl (C=O) groups excluding carboxylic acids is 2. The summed E-state index contributed by atoms with van der Waals surface area (Å²) in [5.41, 5.74) is 0.459. The van der Waals surface area contributed by atoms with Crippen LogP contribution in [0.1, 0.15) is 29.0 Å². The topological polar surface area (TPSA) is 72.2 Å². The van der Waals surface area contributed by atoms with Gasteiger partial charge in [0, 0.05) is 25.3 Å². The van der Waals surface area contributed by atoms with Crippen molar-refractivity contribution < 1.29 is 23.5 Å². The van der Waals surface area contributed by atoms with Crippen molar-refractivity contribution in [1.82, 2.24) is 9.80 Å². The minimum Gasteiger partial charge on any atom is -0.497 e. The number of hydrogen-bond donors (Lipinski definition) is 0. The van der Waals surface area contributed by atoms with Gasteiger partial charge in [-0.15, -0.1) is 6.58 Å². The van der Waals surface area contributed by atoms with Crippen molar-refractivity contribution in [1.29, 1.82) is 0 Å². The van der Waals surface area contributed by atoms with Crippen LogP contribution in [0.4, 0.5) is 0 Å². The van der Waals surface area contributed by atoms with Crippen molar-refractivity contribution in [3.63, 3.8) is 0 Å². The van der Waals surface area contributed by atoms with Crippen LogP contribution >= 0.6 is 0 Å². The lowest BCUT2D eigenvalue weighted by Gasteiger charge is -2.28. The van der Waals surface area contributed by atoms with Gasteiger partial charge in [0.2, 0.25) is 5.91 Å². The van der Waals surface area contributed by atoms with E-state index < -0.39 is 0 Å². The van der Waals surface area contributed by atoms with E-state index in [0.717, 1.165) is 12.8 Å². The Morgan fingerprint density at radius 1 is 1.27 bits per heavy atom. The van der Waals surface area contributed by atoms with E-state index in [1.165, 1.54) is 4.90 Å². The molecule has 1 saturated heterocycles. The van der Waals surface area contributed by atoms with Crippen molar-refractivity contribution >= 4 is 11.8 Å². The molecule has 0 spiro atoms. The summed E-state index contributed by atoms with van der Waals surface area (Å²) in [6, 6.07) is 10.5. The second-order valence-electron chi connectivity index (χ2n) is 7.19. The van der Waals surface area contributed by atoms with Gasteiger partial charge in [0.25, 0.3) is 5.91 Å². The summed E-state index contributed by atoms with van der Waals surface area (Å²) in [6.07, 6.45) is 5.11. The van der Waals surface area contributed by atoms with Crippen LogP contribution in [0.2, 0.25) is 0 Å². The van der Waals surface area contributed by atoms with E-state index in [2.05, 4.69) is 6.58 Å². The van der Waals surface area contributed by atoms with Gasteiger partial charge >= 0.3 is 0 Å². The third kappa shape index (κ3) is 5.73. The van der Waals surface area contributed by atoms with Crippen LogP contribution in [0.5, 0.6) is 5.75 Å². The Balaban J connectivity index is 1.73. The Kier molecular flexibility index (Phi) is 7.68.